The second kappa shape index (κ2) is 7.16. The van der Waals surface area contributed by atoms with E-state index in [-0.39, 0.29) is 5.82 Å². The Balaban J connectivity index is 1.73. The first-order valence-electron chi connectivity index (χ1n) is 9.82. The van der Waals surface area contributed by atoms with Crippen LogP contribution in [0, 0.1) is 5.82 Å². The summed E-state index contributed by atoms with van der Waals surface area (Å²) in [7, 11) is 0. The summed E-state index contributed by atoms with van der Waals surface area (Å²) >= 11 is 1.77. The van der Waals surface area contributed by atoms with E-state index >= 15 is 0 Å². The maximum absolute atomic E-state index is 14.4. The molecule has 3 nitrogen and oxygen atoms in total. The van der Waals surface area contributed by atoms with Crippen molar-refractivity contribution < 1.29 is 14.3 Å². The number of rotatable bonds is 4. The van der Waals surface area contributed by atoms with Gasteiger partial charge in [-0.05, 0) is 67.0 Å². The van der Waals surface area contributed by atoms with Crippen LogP contribution in [-0.4, -0.2) is 15.6 Å². The molecule has 1 aliphatic rings. The van der Waals surface area contributed by atoms with Gasteiger partial charge in [0.1, 0.15) is 5.82 Å². The van der Waals surface area contributed by atoms with Gasteiger partial charge in [0.15, 0.2) is 0 Å². The molecular weight excluding hydrogens is 385 g/mol. The van der Waals surface area contributed by atoms with Crippen molar-refractivity contribution in [3.63, 3.8) is 0 Å². The van der Waals surface area contributed by atoms with Crippen molar-refractivity contribution in [1.82, 2.24) is 4.57 Å². The Kier molecular flexibility index (Phi) is 4.47. The predicted octanol–water partition coefficient (Wildman–Crippen LogP) is 6.02. The second-order valence-electron chi connectivity index (χ2n) is 7.53. The second-order valence-corrected chi connectivity index (χ2v) is 8.70. The van der Waals surface area contributed by atoms with Gasteiger partial charge in [0.2, 0.25) is 0 Å². The monoisotopic (exact) mass is 405 g/mol. The molecule has 146 valence electrons. The molecule has 4 aromatic rings. The zero-order valence-electron chi connectivity index (χ0n) is 15.8. The van der Waals surface area contributed by atoms with Crippen LogP contribution in [0.15, 0.2) is 48.5 Å². The SMILES string of the molecule is O=C(O)/C=C/c1cc(F)cc2c3c(n(Cc4cc5ccccc5s4)c12)CCCC3. The Morgan fingerprint density at radius 3 is 2.83 bits per heavy atom. The van der Waals surface area contributed by atoms with E-state index in [2.05, 4.69) is 22.8 Å². The molecular formula is C24H20FNO2S. The molecule has 0 unspecified atom stereocenters. The predicted molar refractivity (Wildman–Crippen MR) is 116 cm³/mol. The molecule has 0 saturated heterocycles. The van der Waals surface area contributed by atoms with Gasteiger partial charge < -0.3 is 9.67 Å². The maximum Gasteiger partial charge on any atom is 0.328 e. The van der Waals surface area contributed by atoms with E-state index in [1.165, 1.54) is 38.4 Å². The van der Waals surface area contributed by atoms with Crippen LogP contribution in [0.25, 0.3) is 27.1 Å². The summed E-state index contributed by atoms with van der Waals surface area (Å²) in [5, 5.41) is 11.2. The van der Waals surface area contributed by atoms with E-state index in [9.17, 15) is 9.18 Å². The molecule has 0 saturated carbocycles. The van der Waals surface area contributed by atoms with Crippen LogP contribution in [0.1, 0.15) is 34.5 Å². The van der Waals surface area contributed by atoms with Crippen LogP contribution in [0.3, 0.4) is 0 Å². The number of carbonyl (C=O) groups is 1. The first kappa shape index (κ1) is 18.1. The van der Waals surface area contributed by atoms with Crippen molar-refractivity contribution in [3.8, 4) is 0 Å². The summed E-state index contributed by atoms with van der Waals surface area (Å²) in [5.41, 5.74) is 4.04. The highest BCUT2D eigenvalue weighted by atomic mass is 32.1. The number of carboxylic acid groups (broad SMARTS) is 1. The van der Waals surface area contributed by atoms with E-state index in [1.54, 1.807) is 17.4 Å². The molecule has 5 rings (SSSR count). The van der Waals surface area contributed by atoms with Gasteiger partial charge in [0.25, 0.3) is 0 Å². The van der Waals surface area contributed by atoms with Gasteiger partial charge in [-0.15, -0.1) is 11.3 Å². The Bertz CT molecular complexity index is 1250. The third-order valence-corrected chi connectivity index (χ3v) is 6.76. The molecule has 5 heteroatoms. The average molecular weight is 405 g/mol. The van der Waals surface area contributed by atoms with Crippen LogP contribution in [0.4, 0.5) is 4.39 Å². The van der Waals surface area contributed by atoms with E-state index < -0.39 is 5.97 Å². The minimum Gasteiger partial charge on any atom is -0.478 e. The number of nitrogens with zero attached hydrogens (tertiary/aromatic N) is 1. The fourth-order valence-corrected chi connectivity index (χ4v) is 5.55. The Morgan fingerprint density at radius 2 is 2.00 bits per heavy atom. The summed E-state index contributed by atoms with van der Waals surface area (Å²) < 4.78 is 17.9. The number of aliphatic carboxylic acids is 1. The van der Waals surface area contributed by atoms with Gasteiger partial charge in [-0.25, -0.2) is 9.18 Å². The number of benzene rings is 2. The standard InChI is InChI=1S/C24H20FNO2S/c25-17-11-16(9-10-23(27)28)24-20(13-17)19-6-2-3-7-21(19)26(24)14-18-12-15-5-1-4-8-22(15)29-18/h1,4-5,8-13H,2-3,6-7,14H2,(H,27,28)/b10-9+. The summed E-state index contributed by atoms with van der Waals surface area (Å²) in [6, 6.07) is 13.6. The van der Waals surface area contributed by atoms with Crippen LogP contribution < -0.4 is 0 Å². The Hall–Kier alpha value is -2.92. The zero-order valence-corrected chi connectivity index (χ0v) is 16.6. The van der Waals surface area contributed by atoms with Gasteiger partial charge in [-0.2, -0.15) is 0 Å². The Morgan fingerprint density at radius 1 is 1.17 bits per heavy atom. The van der Waals surface area contributed by atoms with Crippen molar-refractivity contribution in [2.75, 3.05) is 0 Å². The van der Waals surface area contributed by atoms with Crippen molar-refractivity contribution in [1.29, 1.82) is 0 Å². The number of aromatic nitrogens is 1. The lowest BCUT2D eigenvalue weighted by Gasteiger charge is -2.16. The molecule has 0 amide bonds. The summed E-state index contributed by atoms with van der Waals surface area (Å²) in [6.45, 7) is 0.713. The largest absolute Gasteiger partial charge is 0.478 e. The summed E-state index contributed by atoms with van der Waals surface area (Å²) in [4.78, 5) is 12.3. The van der Waals surface area contributed by atoms with Gasteiger partial charge in [-0.3, -0.25) is 0 Å². The highest BCUT2D eigenvalue weighted by Gasteiger charge is 2.22. The van der Waals surface area contributed by atoms with Gasteiger partial charge in [0, 0.05) is 32.3 Å². The first-order valence-corrected chi connectivity index (χ1v) is 10.6. The number of hydrogen-bond acceptors (Lipinski definition) is 2. The van der Waals surface area contributed by atoms with Gasteiger partial charge >= 0.3 is 5.97 Å². The fraction of sp³-hybridized carbons (Fsp3) is 0.208. The van der Waals surface area contributed by atoms with Crippen molar-refractivity contribution in [2.45, 2.75) is 32.2 Å². The molecule has 1 aliphatic carbocycles. The first-order chi connectivity index (χ1) is 14.1. The number of carboxylic acids is 1. The van der Waals surface area contributed by atoms with Crippen LogP contribution >= 0.6 is 11.3 Å². The molecule has 2 aromatic carbocycles. The van der Waals surface area contributed by atoms with Gasteiger partial charge in [0.05, 0.1) is 12.1 Å². The normalized spacial score (nSPS) is 14.1. The zero-order chi connectivity index (χ0) is 20.0. The smallest absolute Gasteiger partial charge is 0.328 e. The van der Waals surface area contributed by atoms with Crippen molar-refractivity contribution >= 4 is 44.4 Å². The third kappa shape index (κ3) is 3.25. The van der Waals surface area contributed by atoms with E-state index in [0.29, 0.717) is 12.1 Å². The van der Waals surface area contributed by atoms with E-state index in [0.717, 1.165) is 42.7 Å². The number of aryl methyl sites for hydroxylation is 1. The molecule has 0 fully saturated rings. The number of thiophene rings is 1. The lowest BCUT2D eigenvalue weighted by atomic mass is 9.95. The molecule has 1 N–H and O–H groups in total. The minimum absolute atomic E-state index is 0.324. The minimum atomic E-state index is -1.03. The molecule has 0 aliphatic heterocycles. The molecule has 0 spiro atoms. The van der Waals surface area contributed by atoms with E-state index in [1.807, 2.05) is 12.1 Å². The molecule has 29 heavy (non-hydrogen) atoms. The quantitative estimate of drug-likeness (QED) is 0.422. The molecule has 0 bridgehead atoms. The highest BCUT2D eigenvalue weighted by Crippen LogP contribution is 2.37. The Labute approximate surface area is 171 Å². The van der Waals surface area contributed by atoms with Crippen LogP contribution in [-0.2, 0) is 24.2 Å². The van der Waals surface area contributed by atoms with E-state index in [4.69, 9.17) is 5.11 Å². The van der Waals surface area contributed by atoms with Crippen molar-refractivity contribution in [2.24, 2.45) is 0 Å². The summed E-state index contributed by atoms with van der Waals surface area (Å²) in [5.74, 6) is -1.36. The molecule has 0 radical (unpaired) electrons. The average Bonchev–Trinajstić information content (AvgIpc) is 3.25. The topological polar surface area (TPSA) is 42.2 Å². The number of hydrogen-bond donors (Lipinski definition) is 1. The lowest BCUT2D eigenvalue weighted by Crippen LogP contribution is -2.09. The van der Waals surface area contributed by atoms with Gasteiger partial charge in [-0.1, -0.05) is 18.2 Å². The third-order valence-electron chi connectivity index (χ3n) is 5.66. The molecule has 0 atom stereocenters. The molecule has 2 aromatic heterocycles. The lowest BCUT2D eigenvalue weighted by molar-refractivity contribution is -0.131. The fourth-order valence-electron chi connectivity index (χ4n) is 4.50. The number of fused-ring (bicyclic) bond motifs is 4. The van der Waals surface area contributed by atoms with Crippen LogP contribution in [0.5, 0.6) is 0 Å². The van der Waals surface area contributed by atoms with Crippen LogP contribution in [0.2, 0.25) is 0 Å². The summed E-state index contributed by atoms with van der Waals surface area (Å²) in [6.07, 6.45) is 6.74. The maximum atomic E-state index is 14.4. The van der Waals surface area contributed by atoms with Crippen molar-refractivity contribution in [3.05, 3.63) is 76.1 Å². The molecule has 2 heterocycles. The highest BCUT2D eigenvalue weighted by molar-refractivity contribution is 7.19. The number of halogens is 1.